The van der Waals surface area contributed by atoms with Crippen LogP contribution in [-0.2, 0) is 0 Å². The Hall–Kier alpha value is -1.45. The molecule has 0 saturated carbocycles. The minimum atomic E-state index is 0.653. The van der Waals surface area contributed by atoms with Gasteiger partial charge in [0.15, 0.2) is 0 Å². The first-order valence-electron chi connectivity index (χ1n) is 3.79. The number of aromatic nitrogens is 2. The summed E-state index contributed by atoms with van der Waals surface area (Å²) >= 11 is 0. The van der Waals surface area contributed by atoms with Crippen LogP contribution in [0.25, 0.3) is 10.9 Å². The lowest BCUT2D eigenvalue weighted by Gasteiger charge is -2.01. The highest BCUT2D eigenvalue weighted by Gasteiger charge is 2.04. The van der Waals surface area contributed by atoms with Crippen molar-refractivity contribution in [3.63, 3.8) is 0 Å². The Morgan fingerprint density at radius 3 is 3.17 bits per heavy atom. The average molecular weight is 160 g/mol. The van der Waals surface area contributed by atoms with E-state index in [2.05, 4.69) is 9.97 Å². The first kappa shape index (κ1) is 7.22. The number of aromatic amines is 1. The monoisotopic (exact) mass is 160 g/mol. The molecule has 60 valence electrons. The molecule has 1 N–H and O–H groups in total. The Balaban J connectivity index is 2.82. The Kier molecular flexibility index (Phi) is 1.53. The topological polar surface area (TPSA) is 37.9 Å². The van der Waals surface area contributed by atoms with E-state index in [1.807, 2.05) is 26.3 Å². The normalized spacial score (nSPS) is 10.4. The Morgan fingerprint density at radius 1 is 1.58 bits per heavy atom. The lowest BCUT2D eigenvalue weighted by Crippen LogP contribution is -2.05. The second kappa shape index (κ2) is 2.55. The summed E-state index contributed by atoms with van der Waals surface area (Å²) in [5.74, 6) is 0.653. The third-order valence-electron chi connectivity index (χ3n) is 1.95. The van der Waals surface area contributed by atoms with Crippen LogP contribution >= 0.6 is 0 Å². The summed E-state index contributed by atoms with van der Waals surface area (Å²) in [6, 6.07) is 2.02. The van der Waals surface area contributed by atoms with E-state index in [0.717, 1.165) is 11.0 Å². The molecule has 0 radical (unpaired) electrons. The Morgan fingerprint density at radius 2 is 2.42 bits per heavy atom. The van der Waals surface area contributed by atoms with E-state index in [1.54, 1.807) is 7.11 Å². The molecule has 2 aromatic heterocycles. The molecule has 4 heteroatoms. The molecule has 0 aromatic carbocycles. The molecule has 2 aromatic rings. The highest BCUT2D eigenvalue weighted by atomic mass is 16.5. The molecule has 0 spiro atoms. The summed E-state index contributed by atoms with van der Waals surface area (Å²) < 4.78 is 5.10. The van der Waals surface area contributed by atoms with Crippen molar-refractivity contribution in [2.45, 2.75) is 0 Å². The van der Waals surface area contributed by atoms with E-state index in [0.29, 0.717) is 5.88 Å². The molecule has 0 amide bonds. The van der Waals surface area contributed by atoms with E-state index in [4.69, 9.17) is 4.74 Å². The molecule has 3 nitrogen and oxygen atoms in total. The van der Waals surface area contributed by atoms with Crippen LogP contribution in [0.4, 0.5) is 0 Å². The third-order valence-corrected chi connectivity index (χ3v) is 1.95. The minimum absolute atomic E-state index is 0.653. The van der Waals surface area contributed by atoms with Crippen LogP contribution in [0.1, 0.15) is 0 Å². The van der Waals surface area contributed by atoms with E-state index in [-0.39, 0.29) is 0 Å². The quantitative estimate of drug-likeness (QED) is 0.588. The Bertz CT molecular complexity index is 410. The zero-order valence-electron chi connectivity index (χ0n) is 7.09. The highest BCUT2D eigenvalue weighted by molar-refractivity contribution is 6.38. The first-order chi connectivity index (χ1) is 5.83. The molecule has 2 rings (SSSR count). The molecule has 0 aliphatic heterocycles. The zero-order chi connectivity index (χ0) is 8.55. The van der Waals surface area contributed by atoms with Crippen molar-refractivity contribution < 1.29 is 4.74 Å². The van der Waals surface area contributed by atoms with Crippen molar-refractivity contribution in [2.75, 3.05) is 7.11 Å². The largest absolute Gasteiger partial charge is 0.480 e. The molecule has 0 saturated heterocycles. The van der Waals surface area contributed by atoms with Gasteiger partial charge in [0.1, 0.15) is 13.4 Å². The van der Waals surface area contributed by atoms with E-state index >= 15 is 0 Å². The number of rotatable bonds is 1. The lowest BCUT2D eigenvalue weighted by molar-refractivity contribution is 0.402. The van der Waals surface area contributed by atoms with Crippen LogP contribution in [0, 0.1) is 0 Å². The number of nitrogens with zero attached hydrogens (tertiary/aromatic N) is 1. The number of ether oxygens (including phenoxy) is 1. The SMILES string of the molecule is Bc1cnc(OC)c2[nH]ccc12. The van der Waals surface area contributed by atoms with Crippen LogP contribution in [-0.4, -0.2) is 24.9 Å². The number of fused-ring (bicyclic) bond motifs is 1. The highest BCUT2D eigenvalue weighted by Crippen LogP contribution is 2.18. The summed E-state index contributed by atoms with van der Waals surface area (Å²) in [4.78, 5) is 7.24. The van der Waals surface area contributed by atoms with E-state index in [1.165, 1.54) is 5.39 Å². The van der Waals surface area contributed by atoms with Crippen LogP contribution in [0.2, 0.25) is 0 Å². The number of pyridine rings is 1. The summed E-state index contributed by atoms with van der Waals surface area (Å²) in [5.41, 5.74) is 2.13. The number of nitrogens with one attached hydrogen (secondary N) is 1. The van der Waals surface area contributed by atoms with E-state index in [9.17, 15) is 0 Å². The minimum Gasteiger partial charge on any atom is -0.480 e. The predicted octanol–water partition coefficient (Wildman–Crippen LogP) is -0.170. The van der Waals surface area contributed by atoms with Gasteiger partial charge in [-0.1, -0.05) is 5.46 Å². The van der Waals surface area contributed by atoms with Crippen molar-refractivity contribution in [1.29, 1.82) is 0 Å². The van der Waals surface area contributed by atoms with Gasteiger partial charge in [0.2, 0.25) is 5.88 Å². The summed E-state index contributed by atoms with van der Waals surface area (Å²) in [5, 5.41) is 1.17. The van der Waals surface area contributed by atoms with Crippen molar-refractivity contribution in [2.24, 2.45) is 0 Å². The predicted molar refractivity (Wildman–Crippen MR) is 50.8 cm³/mol. The maximum absolute atomic E-state index is 5.10. The Labute approximate surface area is 71.2 Å². The van der Waals surface area contributed by atoms with Gasteiger partial charge in [-0.2, -0.15) is 0 Å². The second-order valence-corrected chi connectivity index (χ2v) is 2.72. The number of methoxy groups -OCH3 is 1. The smallest absolute Gasteiger partial charge is 0.237 e. The fraction of sp³-hybridized carbons (Fsp3) is 0.125. The molecule has 2 heterocycles. The van der Waals surface area contributed by atoms with Crippen molar-refractivity contribution in [1.82, 2.24) is 9.97 Å². The van der Waals surface area contributed by atoms with Crippen molar-refractivity contribution in [3.05, 3.63) is 18.5 Å². The van der Waals surface area contributed by atoms with Crippen molar-refractivity contribution >= 4 is 24.2 Å². The maximum atomic E-state index is 5.10. The molecule has 0 fully saturated rings. The van der Waals surface area contributed by atoms with Crippen LogP contribution in [0.15, 0.2) is 18.5 Å². The summed E-state index contributed by atoms with van der Waals surface area (Å²) in [7, 11) is 3.65. The molecular weight excluding hydrogens is 151 g/mol. The van der Waals surface area contributed by atoms with Gasteiger partial charge in [0.25, 0.3) is 0 Å². The zero-order valence-corrected chi connectivity index (χ0v) is 7.09. The van der Waals surface area contributed by atoms with Crippen LogP contribution < -0.4 is 10.2 Å². The summed E-state index contributed by atoms with van der Waals surface area (Å²) in [6.07, 6.45) is 3.71. The molecule has 0 aliphatic carbocycles. The van der Waals surface area contributed by atoms with Crippen molar-refractivity contribution in [3.8, 4) is 5.88 Å². The molecule has 12 heavy (non-hydrogen) atoms. The van der Waals surface area contributed by atoms with Gasteiger partial charge in [-0.3, -0.25) is 0 Å². The van der Waals surface area contributed by atoms with Gasteiger partial charge in [0.05, 0.1) is 7.11 Å². The average Bonchev–Trinajstić information content (AvgIpc) is 2.54. The van der Waals surface area contributed by atoms with Gasteiger partial charge in [-0.25, -0.2) is 4.98 Å². The molecule has 0 bridgehead atoms. The van der Waals surface area contributed by atoms with Crippen LogP contribution in [0.5, 0.6) is 5.88 Å². The lowest BCUT2D eigenvalue weighted by atomic mass is 9.95. The second-order valence-electron chi connectivity index (χ2n) is 2.72. The molecule has 0 aliphatic rings. The van der Waals surface area contributed by atoms with Gasteiger partial charge in [-0.15, -0.1) is 0 Å². The molecule has 0 atom stereocenters. The fourth-order valence-corrected chi connectivity index (χ4v) is 1.32. The number of H-pyrrole nitrogens is 1. The van der Waals surface area contributed by atoms with Gasteiger partial charge in [-0.05, 0) is 6.07 Å². The number of hydrogen-bond donors (Lipinski definition) is 1. The number of hydrogen-bond acceptors (Lipinski definition) is 2. The summed E-state index contributed by atoms with van der Waals surface area (Å²) in [6.45, 7) is 0. The van der Waals surface area contributed by atoms with E-state index < -0.39 is 0 Å². The molecule has 0 unspecified atom stereocenters. The van der Waals surface area contributed by atoms with Crippen LogP contribution in [0.3, 0.4) is 0 Å². The fourth-order valence-electron chi connectivity index (χ4n) is 1.32. The van der Waals surface area contributed by atoms with Gasteiger partial charge >= 0.3 is 0 Å². The van der Waals surface area contributed by atoms with Gasteiger partial charge in [0, 0.05) is 17.8 Å². The van der Waals surface area contributed by atoms with Gasteiger partial charge < -0.3 is 9.72 Å². The third kappa shape index (κ3) is 0.880. The first-order valence-corrected chi connectivity index (χ1v) is 3.79. The standard InChI is InChI=1S/C8H9BN2O/c1-12-8-7-5(2-3-10-7)6(9)4-11-8/h2-4,10H,9H2,1H3. The maximum Gasteiger partial charge on any atom is 0.237 e. The molecular formula is C8H9BN2O.